The third-order valence-corrected chi connectivity index (χ3v) is 5.76. The molecule has 3 N–H and O–H groups in total. The van der Waals surface area contributed by atoms with Crippen molar-refractivity contribution in [1.82, 2.24) is 24.5 Å². The Labute approximate surface area is 171 Å². The lowest BCUT2D eigenvalue weighted by molar-refractivity contribution is 0.243. The van der Waals surface area contributed by atoms with Crippen molar-refractivity contribution < 1.29 is 0 Å². The summed E-state index contributed by atoms with van der Waals surface area (Å²) in [5.74, 6) is 3.18. The molecule has 1 saturated heterocycles. The van der Waals surface area contributed by atoms with Crippen molar-refractivity contribution in [2.75, 3.05) is 23.3 Å². The van der Waals surface area contributed by atoms with Crippen LogP contribution in [0, 0.1) is 12.3 Å². The van der Waals surface area contributed by atoms with Gasteiger partial charge in [0.15, 0.2) is 0 Å². The van der Waals surface area contributed by atoms with Gasteiger partial charge in [0.25, 0.3) is 0 Å². The van der Waals surface area contributed by atoms with Gasteiger partial charge in [-0.2, -0.15) is 4.98 Å². The Morgan fingerprint density at radius 3 is 2.72 bits per heavy atom. The van der Waals surface area contributed by atoms with E-state index in [-0.39, 0.29) is 11.5 Å². The SMILES string of the molecule is Cc1nc2cnc(Nc3ccnc(N4CCC(N)C(C)(C)C4)n3)cc2n1C(C)C. The molecule has 0 amide bonds. The summed E-state index contributed by atoms with van der Waals surface area (Å²) in [5.41, 5.74) is 8.27. The smallest absolute Gasteiger partial charge is 0.227 e. The van der Waals surface area contributed by atoms with E-state index < -0.39 is 0 Å². The zero-order valence-electron chi connectivity index (χ0n) is 17.8. The number of fused-ring (bicyclic) bond motifs is 1. The molecular weight excluding hydrogens is 364 g/mol. The number of aryl methyl sites for hydroxylation is 1. The number of piperidine rings is 1. The van der Waals surface area contributed by atoms with Gasteiger partial charge < -0.3 is 20.5 Å². The molecule has 1 unspecified atom stereocenters. The van der Waals surface area contributed by atoms with Crippen molar-refractivity contribution in [1.29, 1.82) is 0 Å². The van der Waals surface area contributed by atoms with Crippen molar-refractivity contribution in [3.63, 3.8) is 0 Å². The van der Waals surface area contributed by atoms with E-state index >= 15 is 0 Å². The zero-order chi connectivity index (χ0) is 20.8. The first-order chi connectivity index (χ1) is 13.7. The van der Waals surface area contributed by atoms with Crippen LogP contribution in [0.5, 0.6) is 0 Å². The highest BCUT2D eigenvalue weighted by molar-refractivity contribution is 5.79. The van der Waals surface area contributed by atoms with Crippen LogP contribution in [-0.2, 0) is 0 Å². The minimum absolute atomic E-state index is 0.0325. The van der Waals surface area contributed by atoms with E-state index in [2.05, 4.69) is 57.4 Å². The van der Waals surface area contributed by atoms with Crippen molar-refractivity contribution in [3.05, 3.63) is 30.4 Å². The molecule has 1 aliphatic rings. The van der Waals surface area contributed by atoms with Crippen LogP contribution in [0.3, 0.4) is 0 Å². The average Bonchev–Trinajstić information content (AvgIpc) is 2.99. The molecule has 1 fully saturated rings. The van der Waals surface area contributed by atoms with Crippen LogP contribution in [0.25, 0.3) is 11.0 Å². The lowest BCUT2D eigenvalue weighted by Gasteiger charge is -2.42. The fourth-order valence-electron chi connectivity index (χ4n) is 4.09. The first kappa shape index (κ1) is 19.6. The van der Waals surface area contributed by atoms with Gasteiger partial charge in [-0.3, -0.25) is 0 Å². The number of imidazole rings is 1. The number of nitrogens with zero attached hydrogens (tertiary/aromatic N) is 6. The van der Waals surface area contributed by atoms with E-state index in [4.69, 9.17) is 10.7 Å². The quantitative estimate of drug-likeness (QED) is 0.699. The molecule has 8 heteroatoms. The van der Waals surface area contributed by atoms with Gasteiger partial charge in [-0.1, -0.05) is 13.8 Å². The Hall–Kier alpha value is -2.74. The van der Waals surface area contributed by atoms with Crippen LogP contribution in [0.4, 0.5) is 17.6 Å². The number of anilines is 3. The molecule has 4 rings (SSSR count). The molecule has 0 aromatic carbocycles. The summed E-state index contributed by atoms with van der Waals surface area (Å²) in [6.45, 7) is 12.4. The fraction of sp³-hybridized carbons (Fsp3) is 0.524. The van der Waals surface area contributed by atoms with Gasteiger partial charge in [-0.05, 0) is 38.7 Å². The molecule has 3 aromatic rings. The molecule has 4 heterocycles. The van der Waals surface area contributed by atoms with Gasteiger partial charge in [-0.25, -0.2) is 15.0 Å². The number of hydrogen-bond acceptors (Lipinski definition) is 7. The second kappa shape index (κ2) is 7.26. The molecule has 3 aromatic heterocycles. The van der Waals surface area contributed by atoms with Gasteiger partial charge in [0.05, 0.1) is 11.7 Å². The first-order valence-electron chi connectivity index (χ1n) is 10.2. The summed E-state index contributed by atoms with van der Waals surface area (Å²) in [6.07, 6.45) is 4.53. The molecule has 0 spiro atoms. The standard InChI is InChI=1S/C21H30N8/c1-13(2)29-14(3)25-15-11-24-19(10-16(15)29)26-18-6-8-23-20(27-18)28-9-7-17(22)21(4,5)12-28/h6,8,10-11,13,17H,7,9,12,22H2,1-5H3,(H,23,24,26,27). The number of nitrogens with two attached hydrogens (primary N) is 1. The van der Waals surface area contributed by atoms with Crippen molar-refractivity contribution in [2.24, 2.45) is 11.1 Å². The summed E-state index contributed by atoms with van der Waals surface area (Å²) in [7, 11) is 0. The topological polar surface area (TPSA) is 97.8 Å². The van der Waals surface area contributed by atoms with Crippen LogP contribution in [-0.4, -0.2) is 43.6 Å². The Kier molecular flexibility index (Phi) is 4.90. The molecule has 29 heavy (non-hydrogen) atoms. The minimum atomic E-state index is 0.0325. The second-order valence-electron chi connectivity index (χ2n) is 8.85. The lowest BCUT2D eigenvalue weighted by atomic mass is 9.80. The Bertz CT molecular complexity index is 1020. The predicted molar refractivity (Wildman–Crippen MR) is 117 cm³/mol. The minimum Gasteiger partial charge on any atom is -0.340 e. The molecule has 1 atom stereocenters. The summed E-state index contributed by atoms with van der Waals surface area (Å²) < 4.78 is 2.21. The number of rotatable bonds is 4. The maximum absolute atomic E-state index is 6.27. The van der Waals surface area contributed by atoms with E-state index in [0.717, 1.165) is 54.0 Å². The van der Waals surface area contributed by atoms with Crippen LogP contribution in [0.15, 0.2) is 24.5 Å². The summed E-state index contributed by atoms with van der Waals surface area (Å²) in [4.78, 5) is 20.5. The van der Waals surface area contributed by atoms with Gasteiger partial charge in [-0.15, -0.1) is 0 Å². The molecule has 0 aliphatic carbocycles. The normalized spacial score (nSPS) is 19.1. The molecule has 0 bridgehead atoms. The van der Waals surface area contributed by atoms with E-state index in [0.29, 0.717) is 6.04 Å². The summed E-state index contributed by atoms with van der Waals surface area (Å²) in [5, 5.41) is 3.33. The average molecular weight is 395 g/mol. The summed E-state index contributed by atoms with van der Waals surface area (Å²) >= 11 is 0. The number of hydrogen-bond donors (Lipinski definition) is 2. The molecule has 0 radical (unpaired) electrons. The molecule has 0 saturated carbocycles. The van der Waals surface area contributed by atoms with E-state index in [1.807, 2.05) is 19.1 Å². The molecule has 154 valence electrons. The Balaban J connectivity index is 1.59. The first-order valence-corrected chi connectivity index (χ1v) is 10.2. The molecule has 8 nitrogen and oxygen atoms in total. The zero-order valence-corrected chi connectivity index (χ0v) is 17.8. The van der Waals surface area contributed by atoms with E-state index in [9.17, 15) is 0 Å². The highest BCUT2D eigenvalue weighted by Gasteiger charge is 2.34. The number of pyridine rings is 1. The van der Waals surface area contributed by atoms with Gasteiger partial charge in [0.2, 0.25) is 5.95 Å². The largest absolute Gasteiger partial charge is 0.340 e. The molecule has 1 aliphatic heterocycles. The third-order valence-electron chi connectivity index (χ3n) is 5.76. The number of nitrogens with one attached hydrogen (secondary N) is 1. The van der Waals surface area contributed by atoms with Crippen molar-refractivity contribution >= 4 is 28.6 Å². The Morgan fingerprint density at radius 2 is 2.00 bits per heavy atom. The Morgan fingerprint density at radius 1 is 1.21 bits per heavy atom. The van der Waals surface area contributed by atoms with Gasteiger partial charge >= 0.3 is 0 Å². The van der Waals surface area contributed by atoms with Crippen LogP contribution < -0.4 is 16.0 Å². The van der Waals surface area contributed by atoms with Crippen molar-refractivity contribution in [2.45, 2.75) is 53.1 Å². The van der Waals surface area contributed by atoms with Gasteiger partial charge in [0, 0.05) is 37.4 Å². The summed E-state index contributed by atoms with van der Waals surface area (Å²) in [6, 6.07) is 4.42. The van der Waals surface area contributed by atoms with E-state index in [1.54, 1.807) is 12.4 Å². The van der Waals surface area contributed by atoms with Crippen molar-refractivity contribution in [3.8, 4) is 0 Å². The fourth-order valence-corrected chi connectivity index (χ4v) is 4.09. The highest BCUT2D eigenvalue weighted by atomic mass is 15.3. The molecular formula is C21H30N8. The van der Waals surface area contributed by atoms with Gasteiger partial charge in [0.1, 0.15) is 23.0 Å². The predicted octanol–water partition coefficient (Wildman–Crippen LogP) is 3.42. The lowest BCUT2D eigenvalue weighted by Crippen LogP contribution is -2.52. The van der Waals surface area contributed by atoms with E-state index in [1.165, 1.54) is 0 Å². The highest BCUT2D eigenvalue weighted by Crippen LogP contribution is 2.30. The second-order valence-corrected chi connectivity index (χ2v) is 8.85. The maximum Gasteiger partial charge on any atom is 0.227 e. The van der Waals surface area contributed by atoms with Crippen LogP contribution in [0.1, 0.15) is 46.0 Å². The van der Waals surface area contributed by atoms with Crippen LogP contribution >= 0.6 is 0 Å². The third kappa shape index (κ3) is 3.76. The number of aromatic nitrogens is 5. The monoisotopic (exact) mass is 394 g/mol. The maximum atomic E-state index is 6.27. The van der Waals surface area contributed by atoms with Crippen LogP contribution in [0.2, 0.25) is 0 Å².